The molecule has 0 aromatic heterocycles. The van der Waals surface area contributed by atoms with E-state index in [9.17, 15) is 14.9 Å². The molecular weight excluding hydrogens is 459 g/mol. The Morgan fingerprint density at radius 1 is 1.04 bits per heavy atom. The molecule has 3 aromatic rings. The molecular formula is C20H13IN2O4. The molecule has 0 radical (unpaired) electrons. The zero-order valence-corrected chi connectivity index (χ0v) is 16.1. The number of nitro groups is 1. The molecule has 0 spiro atoms. The van der Waals surface area contributed by atoms with Gasteiger partial charge in [0.1, 0.15) is 0 Å². The van der Waals surface area contributed by atoms with Gasteiger partial charge in [-0.3, -0.25) is 15.1 Å². The van der Waals surface area contributed by atoms with Crippen LogP contribution in [0.15, 0.2) is 77.8 Å². The third kappa shape index (κ3) is 4.98. The average molecular weight is 472 g/mol. The van der Waals surface area contributed by atoms with E-state index in [0.717, 1.165) is 9.26 Å². The summed E-state index contributed by atoms with van der Waals surface area (Å²) in [5.41, 5.74) is 1.28. The lowest BCUT2D eigenvalue weighted by atomic mass is 10.2. The van der Waals surface area contributed by atoms with Crippen LogP contribution in [0, 0.1) is 13.7 Å². The van der Waals surface area contributed by atoms with E-state index in [1.807, 2.05) is 24.3 Å². The second kappa shape index (κ2) is 8.54. The minimum atomic E-state index is -0.654. The largest absolute Gasteiger partial charge is 0.416 e. The van der Waals surface area contributed by atoms with E-state index in [2.05, 4.69) is 27.6 Å². The molecule has 134 valence electrons. The summed E-state index contributed by atoms with van der Waals surface area (Å²) in [6.07, 6.45) is 1.53. The number of aliphatic imine (C=N–C) groups is 1. The molecule has 0 amide bonds. The minimum Gasteiger partial charge on any atom is -0.416 e. The summed E-state index contributed by atoms with van der Waals surface area (Å²) in [7, 11) is 0. The Balaban J connectivity index is 1.83. The van der Waals surface area contributed by atoms with Gasteiger partial charge >= 0.3 is 11.7 Å². The Labute approximate surface area is 168 Å². The maximum atomic E-state index is 12.1. The Hall–Kier alpha value is -3.07. The molecule has 0 aliphatic carbocycles. The molecule has 7 heteroatoms. The number of halogens is 1. The zero-order valence-electron chi connectivity index (χ0n) is 13.9. The Morgan fingerprint density at radius 3 is 2.41 bits per heavy atom. The summed E-state index contributed by atoms with van der Waals surface area (Å²) in [6.45, 7) is 0. The number of hydrogen-bond donors (Lipinski definition) is 0. The maximum Gasteiger partial charge on any atom is 0.343 e. The van der Waals surface area contributed by atoms with Gasteiger partial charge in [-0.2, -0.15) is 0 Å². The molecule has 3 aromatic carbocycles. The number of benzene rings is 3. The number of nitrogens with zero attached hydrogens (tertiary/aromatic N) is 2. The average Bonchev–Trinajstić information content (AvgIpc) is 2.69. The smallest absolute Gasteiger partial charge is 0.343 e. The van der Waals surface area contributed by atoms with E-state index < -0.39 is 10.9 Å². The fraction of sp³-hybridized carbons (Fsp3) is 0. The fourth-order valence-corrected chi connectivity index (χ4v) is 2.61. The molecule has 27 heavy (non-hydrogen) atoms. The van der Waals surface area contributed by atoms with Crippen molar-refractivity contribution in [1.82, 2.24) is 0 Å². The van der Waals surface area contributed by atoms with E-state index >= 15 is 0 Å². The van der Waals surface area contributed by atoms with Gasteiger partial charge in [-0.25, -0.2) is 4.79 Å². The van der Waals surface area contributed by atoms with Crippen molar-refractivity contribution in [3.05, 3.63) is 97.6 Å². The number of hydrogen-bond acceptors (Lipinski definition) is 5. The molecule has 0 aliphatic heterocycles. The lowest BCUT2D eigenvalue weighted by molar-refractivity contribution is -0.385. The molecule has 0 saturated heterocycles. The van der Waals surface area contributed by atoms with Crippen molar-refractivity contribution < 1.29 is 14.5 Å². The van der Waals surface area contributed by atoms with Crippen LogP contribution in [0.1, 0.15) is 15.9 Å². The van der Waals surface area contributed by atoms with Crippen LogP contribution in [-0.4, -0.2) is 17.1 Å². The Kier molecular flexibility index (Phi) is 5.92. The van der Waals surface area contributed by atoms with Crippen LogP contribution in [0.5, 0.6) is 5.75 Å². The summed E-state index contributed by atoms with van der Waals surface area (Å²) in [4.78, 5) is 27.2. The topological polar surface area (TPSA) is 81.8 Å². The lowest BCUT2D eigenvalue weighted by Crippen LogP contribution is -2.09. The molecule has 0 atom stereocenters. The first kappa shape index (κ1) is 18.7. The van der Waals surface area contributed by atoms with Crippen molar-refractivity contribution >= 4 is 46.1 Å². The highest BCUT2D eigenvalue weighted by molar-refractivity contribution is 14.1. The number of rotatable bonds is 5. The molecule has 0 aliphatic rings. The molecule has 0 saturated carbocycles. The van der Waals surface area contributed by atoms with Gasteiger partial charge in [-0.15, -0.1) is 0 Å². The number of ether oxygens (including phenoxy) is 1. The SMILES string of the molecule is O=C(Oc1ccc(C=Nc2ccc(I)cc2)cc1[N+](=O)[O-])c1ccccc1. The van der Waals surface area contributed by atoms with Crippen molar-refractivity contribution in [3.63, 3.8) is 0 Å². The van der Waals surface area contributed by atoms with Crippen LogP contribution in [0.2, 0.25) is 0 Å². The number of carbonyl (C=O) groups is 1. The van der Waals surface area contributed by atoms with Gasteiger partial charge in [-0.1, -0.05) is 18.2 Å². The van der Waals surface area contributed by atoms with E-state index in [4.69, 9.17) is 4.74 Å². The summed E-state index contributed by atoms with van der Waals surface area (Å²) in [5.74, 6) is -0.765. The molecule has 0 N–H and O–H groups in total. The van der Waals surface area contributed by atoms with Gasteiger partial charge in [0.25, 0.3) is 0 Å². The predicted octanol–water partition coefficient (Wildman–Crippen LogP) is 5.17. The maximum absolute atomic E-state index is 12.1. The Bertz CT molecular complexity index is 1000. The Morgan fingerprint density at radius 2 is 1.74 bits per heavy atom. The summed E-state index contributed by atoms with van der Waals surface area (Å²) in [6, 6.07) is 20.2. The lowest BCUT2D eigenvalue weighted by Gasteiger charge is -2.05. The van der Waals surface area contributed by atoms with Crippen LogP contribution in [0.25, 0.3) is 0 Å². The second-order valence-electron chi connectivity index (χ2n) is 5.47. The van der Waals surface area contributed by atoms with Gasteiger partial charge in [0, 0.05) is 15.9 Å². The van der Waals surface area contributed by atoms with Crippen molar-refractivity contribution in [2.45, 2.75) is 0 Å². The first-order chi connectivity index (χ1) is 13.0. The first-order valence-corrected chi connectivity index (χ1v) is 8.96. The van der Waals surface area contributed by atoms with Crippen molar-refractivity contribution in [2.24, 2.45) is 4.99 Å². The highest BCUT2D eigenvalue weighted by Gasteiger charge is 2.19. The molecule has 6 nitrogen and oxygen atoms in total. The molecule has 0 unspecified atom stereocenters. The minimum absolute atomic E-state index is 0.111. The quantitative estimate of drug-likeness (QED) is 0.128. The van der Waals surface area contributed by atoms with E-state index in [1.54, 1.807) is 36.4 Å². The number of esters is 1. The summed E-state index contributed by atoms with van der Waals surface area (Å²) < 4.78 is 6.29. The number of carbonyl (C=O) groups excluding carboxylic acids is 1. The van der Waals surface area contributed by atoms with Gasteiger partial charge < -0.3 is 4.74 Å². The van der Waals surface area contributed by atoms with Crippen molar-refractivity contribution in [2.75, 3.05) is 0 Å². The summed E-state index contributed by atoms with van der Waals surface area (Å²) >= 11 is 2.20. The van der Waals surface area contributed by atoms with Crippen molar-refractivity contribution in [1.29, 1.82) is 0 Å². The van der Waals surface area contributed by atoms with Crippen LogP contribution >= 0.6 is 22.6 Å². The molecule has 0 bridgehead atoms. The van der Waals surface area contributed by atoms with Gasteiger partial charge in [-0.05, 0) is 76.7 Å². The highest BCUT2D eigenvalue weighted by atomic mass is 127. The highest BCUT2D eigenvalue weighted by Crippen LogP contribution is 2.28. The predicted molar refractivity (Wildman–Crippen MR) is 111 cm³/mol. The first-order valence-electron chi connectivity index (χ1n) is 7.88. The van der Waals surface area contributed by atoms with Gasteiger partial charge in [0.2, 0.25) is 5.75 Å². The summed E-state index contributed by atoms with van der Waals surface area (Å²) in [5, 5.41) is 11.4. The van der Waals surface area contributed by atoms with Crippen LogP contribution in [0.4, 0.5) is 11.4 Å². The molecule has 0 fully saturated rings. The van der Waals surface area contributed by atoms with Gasteiger partial charge in [0.15, 0.2) is 0 Å². The standard InChI is InChI=1S/C20H13IN2O4/c21-16-7-9-17(10-8-16)22-13-14-6-11-19(18(12-14)23(25)26)27-20(24)15-4-2-1-3-5-15/h1-13H. The zero-order chi connectivity index (χ0) is 19.2. The third-order valence-electron chi connectivity index (χ3n) is 3.58. The van der Waals surface area contributed by atoms with Crippen molar-refractivity contribution in [3.8, 4) is 5.75 Å². The second-order valence-corrected chi connectivity index (χ2v) is 6.72. The van der Waals surface area contributed by atoms with Gasteiger partial charge in [0.05, 0.1) is 16.2 Å². The monoisotopic (exact) mass is 472 g/mol. The third-order valence-corrected chi connectivity index (χ3v) is 4.30. The normalized spacial score (nSPS) is 10.7. The fourth-order valence-electron chi connectivity index (χ4n) is 2.25. The van der Waals surface area contributed by atoms with E-state index in [1.165, 1.54) is 18.3 Å². The molecule has 3 rings (SSSR count). The van der Waals surface area contributed by atoms with Crippen LogP contribution < -0.4 is 4.74 Å². The van der Waals surface area contributed by atoms with Crippen LogP contribution in [0.3, 0.4) is 0 Å². The molecule has 0 heterocycles. The van der Waals surface area contributed by atoms with Crippen LogP contribution in [-0.2, 0) is 0 Å². The van der Waals surface area contributed by atoms with E-state index in [0.29, 0.717) is 11.1 Å². The number of nitro benzene ring substituents is 1. The van der Waals surface area contributed by atoms with E-state index in [-0.39, 0.29) is 11.4 Å².